The smallest absolute Gasteiger partial charge is 0.453 e. The zero-order valence-electron chi connectivity index (χ0n) is 39.9. The van der Waals surface area contributed by atoms with E-state index in [0.717, 1.165) is 33.0 Å². The van der Waals surface area contributed by atoms with Gasteiger partial charge in [0.1, 0.15) is 57.0 Å². The number of rotatable bonds is 9. The van der Waals surface area contributed by atoms with Crippen molar-refractivity contribution in [2.45, 2.75) is 111 Å². The second kappa shape index (κ2) is 16.9. The van der Waals surface area contributed by atoms with E-state index in [-0.39, 0.29) is 10.8 Å². The maximum Gasteiger partial charge on any atom is 0.453 e. The summed E-state index contributed by atoms with van der Waals surface area (Å²) in [6.07, 6.45) is 0. The molecule has 64 heavy (non-hydrogen) atoms. The third-order valence-electron chi connectivity index (χ3n) is 11.2. The van der Waals surface area contributed by atoms with Gasteiger partial charge in [0.15, 0.2) is 0 Å². The molecule has 0 amide bonds. The molecule has 11 nitrogen and oxygen atoms in total. The summed E-state index contributed by atoms with van der Waals surface area (Å²) in [5, 5.41) is 1.57. The van der Waals surface area contributed by atoms with Gasteiger partial charge in [-0.15, -0.1) is 0 Å². The van der Waals surface area contributed by atoms with Crippen molar-refractivity contribution in [1.82, 2.24) is 0 Å². The highest BCUT2D eigenvalue weighted by Crippen LogP contribution is 2.53. The average Bonchev–Trinajstić information content (AvgIpc) is 3.37. The minimum absolute atomic E-state index is 0.307. The fourth-order valence-electron chi connectivity index (χ4n) is 7.77. The van der Waals surface area contributed by atoms with Crippen LogP contribution in [0.2, 0.25) is 0 Å². The highest BCUT2D eigenvalue weighted by molar-refractivity contribution is 7.32. The summed E-state index contributed by atoms with van der Waals surface area (Å²) in [6.45, 7) is 23.9. The minimum Gasteiger partial charge on any atom is -0.497 e. The normalized spacial score (nSPS) is 14.4. The molecule has 12 heteroatoms. The van der Waals surface area contributed by atoms with E-state index < -0.39 is 31.5 Å². The molecule has 0 N–H and O–H groups in total. The van der Waals surface area contributed by atoms with E-state index in [0.29, 0.717) is 68.1 Å². The van der Waals surface area contributed by atoms with Crippen molar-refractivity contribution in [1.29, 1.82) is 0 Å². The number of methoxy groups -OCH3 is 4. The van der Waals surface area contributed by atoms with E-state index in [1.807, 2.05) is 48.5 Å². The van der Waals surface area contributed by atoms with Crippen molar-refractivity contribution in [3.05, 3.63) is 101 Å². The topological polar surface area (TPSA) is 117 Å². The van der Waals surface area contributed by atoms with Gasteiger partial charge in [0.05, 0.1) is 28.4 Å². The van der Waals surface area contributed by atoms with Gasteiger partial charge < -0.3 is 46.1 Å². The number of para-hydroxylation sites is 1. The van der Waals surface area contributed by atoms with Gasteiger partial charge in [0.25, 0.3) is 0 Å². The molecule has 0 bridgehead atoms. The summed E-state index contributed by atoms with van der Waals surface area (Å²) in [6, 6.07) is 22.5. The Hall–Kier alpha value is -5.93. The highest BCUT2D eigenvalue weighted by Gasteiger charge is 2.35. The number of carbonyl (C=O) groups is 1. The number of ether oxygens (including phenoxy) is 7. The van der Waals surface area contributed by atoms with Crippen molar-refractivity contribution in [3.8, 4) is 51.4 Å². The first-order valence-corrected chi connectivity index (χ1v) is 22.4. The first kappa shape index (κ1) is 46.1. The Kier molecular flexibility index (Phi) is 12.2. The summed E-state index contributed by atoms with van der Waals surface area (Å²) in [5.74, 6) is 3.12. The van der Waals surface area contributed by atoms with Crippen LogP contribution in [0, 0.1) is 0 Å². The Labute approximate surface area is 377 Å². The summed E-state index contributed by atoms with van der Waals surface area (Å²) in [5.41, 5.74) is 4.24. The van der Waals surface area contributed by atoms with Crippen LogP contribution in [0.1, 0.15) is 116 Å². The van der Waals surface area contributed by atoms with E-state index in [4.69, 9.17) is 46.1 Å². The lowest BCUT2D eigenvalue weighted by Gasteiger charge is -2.31. The Balaban J connectivity index is 1.59. The molecule has 1 aromatic heterocycles. The summed E-state index contributed by atoms with van der Waals surface area (Å²) >= 11 is 0. The zero-order valence-corrected chi connectivity index (χ0v) is 40.8. The van der Waals surface area contributed by atoms with Crippen LogP contribution in [0.4, 0.5) is 0 Å². The Bertz CT molecular complexity index is 2710. The number of hydrogen-bond acceptors (Lipinski definition) is 11. The van der Waals surface area contributed by atoms with E-state index in [1.54, 1.807) is 52.7 Å². The summed E-state index contributed by atoms with van der Waals surface area (Å²) < 4.78 is 64.1. The number of carbonyl (C=O) groups excluding carboxylic acids is 1. The largest absolute Gasteiger partial charge is 0.497 e. The van der Waals surface area contributed by atoms with Crippen molar-refractivity contribution in [2.24, 2.45) is 0 Å². The van der Waals surface area contributed by atoms with Gasteiger partial charge in [-0.1, -0.05) is 95.2 Å². The number of hydrogen-bond donors (Lipinski definition) is 0. The van der Waals surface area contributed by atoms with Crippen LogP contribution >= 0.6 is 8.24 Å². The quantitative estimate of drug-likeness (QED) is 0.129. The first-order valence-electron chi connectivity index (χ1n) is 21.3. The van der Waals surface area contributed by atoms with Crippen molar-refractivity contribution < 1.29 is 50.9 Å². The van der Waals surface area contributed by atoms with E-state index >= 15 is 0 Å². The second-order valence-electron chi connectivity index (χ2n) is 20.1. The molecule has 340 valence electrons. The van der Waals surface area contributed by atoms with Crippen molar-refractivity contribution in [3.63, 3.8) is 0 Å². The lowest BCUT2D eigenvalue weighted by molar-refractivity contribution is -0.172. The maximum absolute atomic E-state index is 13.3. The Morgan fingerprint density at radius 1 is 0.484 bits per heavy atom. The predicted molar refractivity (Wildman–Crippen MR) is 252 cm³/mol. The standard InChI is InChI=1S/C52H61O11P/c1-49(2,3)38-25-29(54-13)21-34(43(38)59-48-58-42-20-18-17-19-33(42)47(53)60-48)35-22-30(55-14)26-39(50(4,5)6)44(35)61-64-62-45-36(23-31(56-15)27-40(45)51(7,8)9)37-24-32(57-16)28-41(46(37)63-64)52(10,11)12/h17-28,48H,1-16H3. The lowest BCUT2D eigenvalue weighted by atomic mass is 9.81. The fraction of sp³-hybridized carbons (Fsp3) is 0.404. The lowest BCUT2D eigenvalue weighted by Crippen LogP contribution is -2.35. The van der Waals surface area contributed by atoms with Crippen molar-refractivity contribution in [2.75, 3.05) is 28.4 Å². The van der Waals surface area contributed by atoms with E-state index in [9.17, 15) is 4.79 Å². The van der Waals surface area contributed by atoms with Crippen LogP contribution in [0.15, 0.2) is 81.2 Å². The summed E-state index contributed by atoms with van der Waals surface area (Å²) in [7, 11) is 4.29. The van der Waals surface area contributed by atoms with Crippen LogP contribution in [-0.2, 0) is 26.4 Å². The van der Waals surface area contributed by atoms with Crippen molar-refractivity contribution >= 4 is 36.1 Å². The highest BCUT2D eigenvalue weighted by atomic mass is 31.1. The number of benzene rings is 5. The molecule has 0 saturated carbocycles. The molecule has 1 unspecified atom stereocenters. The van der Waals surface area contributed by atoms with Crippen LogP contribution < -0.4 is 32.9 Å². The molecule has 6 aromatic rings. The molecule has 0 saturated heterocycles. The molecular weight excluding hydrogens is 832 g/mol. The van der Waals surface area contributed by atoms with Gasteiger partial charge >= 0.3 is 20.7 Å². The van der Waals surface area contributed by atoms with Gasteiger partial charge in [-0.2, -0.15) is 0 Å². The SMILES string of the molecule is COc1cc(-c2cc(OC)cc(C(C)(C)C)c2Op2oc3c(C(C)(C)C)cc(OC)cc3c3cc(OC)cc(C(C)(C)C)c3o2)c(OC2OC(=O)c3ccccc3O2)c(C(C)(C)C)c1. The molecule has 1 aliphatic heterocycles. The predicted octanol–water partition coefficient (Wildman–Crippen LogP) is 13.9. The van der Waals surface area contributed by atoms with Gasteiger partial charge in [0, 0.05) is 44.2 Å². The van der Waals surface area contributed by atoms with Crippen LogP contribution in [0.3, 0.4) is 0 Å². The zero-order chi connectivity index (χ0) is 46.7. The monoisotopic (exact) mass is 892 g/mol. The molecular formula is C52H61O11P. The molecule has 2 heterocycles. The Morgan fingerprint density at radius 2 is 0.891 bits per heavy atom. The molecule has 5 aromatic carbocycles. The molecule has 1 aliphatic rings. The second-order valence-corrected chi connectivity index (χ2v) is 21.1. The van der Waals surface area contributed by atoms with E-state index in [1.165, 1.54) is 0 Å². The van der Waals surface area contributed by atoms with Gasteiger partial charge in [-0.25, -0.2) is 4.79 Å². The van der Waals surface area contributed by atoms with Gasteiger partial charge in [-0.3, -0.25) is 0 Å². The number of fused-ring (bicyclic) bond motifs is 4. The van der Waals surface area contributed by atoms with Gasteiger partial charge in [-0.05, 0) is 82.3 Å². The van der Waals surface area contributed by atoms with E-state index in [2.05, 4.69) is 83.1 Å². The maximum atomic E-state index is 13.3. The molecule has 0 fully saturated rings. The molecule has 0 spiro atoms. The average molecular weight is 893 g/mol. The number of esters is 1. The van der Waals surface area contributed by atoms with Crippen LogP contribution in [-0.4, -0.2) is 40.9 Å². The molecule has 0 aliphatic carbocycles. The number of cyclic esters (lactones) is 1. The fourth-order valence-corrected chi connectivity index (χ4v) is 8.92. The van der Waals surface area contributed by atoms with Crippen LogP contribution in [0.5, 0.6) is 40.2 Å². The molecule has 7 rings (SSSR count). The third kappa shape index (κ3) is 9.05. The third-order valence-corrected chi connectivity index (χ3v) is 12.2. The van der Waals surface area contributed by atoms with Crippen LogP contribution in [0.25, 0.3) is 33.1 Å². The summed E-state index contributed by atoms with van der Waals surface area (Å²) in [4.78, 5) is 13.3. The van der Waals surface area contributed by atoms with Gasteiger partial charge in [0.2, 0.25) is 0 Å². The molecule has 1 atom stereocenters. The molecule has 0 radical (unpaired) electrons. The minimum atomic E-state index is -2.28. The first-order chi connectivity index (χ1) is 29.9. The Morgan fingerprint density at radius 3 is 1.34 bits per heavy atom.